The van der Waals surface area contributed by atoms with E-state index in [9.17, 15) is 29.6 Å². The van der Waals surface area contributed by atoms with E-state index in [2.05, 4.69) is 5.32 Å². The van der Waals surface area contributed by atoms with Crippen LogP contribution in [0, 0.1) is 10.1 Å². The average molecular weight is 514 g/mol. The van der Waals surface area contributed by atoms with Crippen LogP contribution in [0.4, 0.5) is 5.69 Å². The summed E-state index contributed by atoms with van der Waals surface area (Å²) >= 11 is 7.08. The maximum atomic E-state index is 12.8. The van der Waals surface area contributed by atoms with Gasteiger partial charge in [-0.05, 0) is 28.8 Å². The van der Waals surface area contributed by atoms with Gasteiger partial charge >= 0.3 is 5.97 Å². The van der Waals surface area contributed by atoms with Crippen molar-refractivity contribution in [2.75, 3.05) is 5.75 Å². The predicted molar refractivity (Wildman–Crippen MR) is 132 cm³/mol. The minimum atomic E-state index is -1.29. The second-order valence-electron chi connectivity index (χ2n) is 7.91. The third kappa shape index (κ3) is 5.08. The number of nitrogens with zero attached hydrogens (tertiary/aromatic N) is 2. The van der Waals surface area contributed by atoms with Gasteiger partial charge in [-0.1, -0.05) is 42.5 Å². The van der Waals surface area contributed by atoms with Gasteiger partial charge in [-0.15, -0.1) is 23.4 Å². The summed E-state index contributed by atoms with van der Waals surface area (Å²) < 4.78 is 0. The number of alkyl halides is 1. The van der Waals surface area contributed by atoms with Gasteiger partial charge < -0.3 is 10.4 Å². The highest BCUT2D eigenvalue weighted by Gasteiger charge is 2.53. The first kappa shape index (κ1) is 24.5. The molecule has 0 radical (unpaired) electrons. The minimum absolute atomic E-state index is 0.110. The Balaban J connectivity index is 1.53. The van der Waals surface area contributed by atoms with Crippen molar-refractivity contribution >= 4 is 52.9 Å². The summed E-state index contributed by atoms with van der Waals surface area (Å²) in [7, 11) is 0. The lowest BCUT2D eigenvalue weighted by Gasteiger charge is -2.49. The van der Waals surface area contributed by atoms with E-state index in [1.54, 1.807) is 24.3 Å². The van der Waals surface area contributed by atoms with E-state index in [-0.39, 0.29) is 40.9 Å². The summed E-state index contributed by atoms with van der Waals surface area (Å²) in [6.45, 7) is 0. The highest BCUT2D eigenvalue weighted by atomic mass is 35.5. The van der Waals surface area contributed by atoms with Gasteiger partial charge in [-0.2, -0.15) is 0 Å². The van der Waals surface area contributed by atoms with Crippen molar-refractivity contribution in [1.82, 2.24) is 10.2 Å². The van der Waals surface area contributed by atoms with Crippen LogP contribution in [0.15, 0.2) is 65.9 Å². The average Bonchev–Trinajstić information content (AvgIpc) is 2.85. The molecule has 2 aromatic rings. The predicted octanol–water partition coefficient (Wildman–Crippen LogP) is 3.33. The standard InChI is InChI=1S/C24H20ClN3O6S/c25-12-15-6-7-16(18(10-15)28(33)34)8-9-17-13-35-23-20(22(30)27(23)21(17)24(31)32)26-19(29)11-14-4-2-1-3-5-14/h1-10,20,23H,11-13H2,(H,26,29)(H,31,32)/t20?,23-/m0/s1. The molecule has 2 amide bonds. The highest BCUT2D eigenvalue weighted by Crippen LogP contribution is 2.41. The molecule has 0 saturated carbocycles. The van der Waals surface area contributed by atoms with Crippen LogP contribution < -0.4 is 5.32 Å². The fraction of sp³-hybridized carbons (Fsp3) is 0.208. The Morgan fingerprint density at radius 2 is 1.94 bits per heavy atom. The summed E-state index contributed by atoms with van der Waals surface area (Å²) in [6, 6.07) is 12.8. The van der Waals surface area contributed by atoms with E-state index in [0.29, 0.717) is 11.1 Å². The molecule has 2 heterocycles. The summed E-state index contributed by atoms with van der Waals surface area (Å²) in [6.07, 6.45) is 3.04. The molecule has 2 atom stereocenters. The number of carboxylic acid groups (broad SMARTS) is 1. The Morgan fingerprint density at radius 1 is 1.20 bits per heavy atom. The van der Waals surface area contributed by atoms with Crippen molar-refractivity contribution < 1.29 is 24.4 Å². The van der Waals surface area contributed by atoms with Crippen molar-refractivity contribution in [2.45, 2.75) is 23.7 Å². The number of carbonyl (C=O) groups excluding carboxylic acids is 2. The molecule has 4 rings (SSSR count). The number of carbonyl (C=O) groups is 3. The van der Waals surface area contributed by atoms with Crippen LogP contribution >= 0.6 is 23.4 Å². The molecule has 1 unspecified atom stereocenters. The summed E-state index contributed by atoms with van der Waals surface area (Å²) in [5.74, 6) is -1.74. The molecule has 0 aliphatic carbocycles. The number of thioether (sulfide) groups is 1. The number of rotatable bonds is 8. The SMILES string of the molecule is O=C(Cc1ccccc1)NC1C(=O)N2C(C(=O)O)=C(C=Cc3ccc(CCl)cc3[N+](=O)[O-])CS[C@@H]12. The van der Waals surface area contributed by atoms with Crippen LogP contribution in [-0.4, -0.2) is 49.9 Å². The maximum absolute atomic E-state index is 12.8. The number of fused-ring (bicyclic) bond motifs is 1. The number of allylic oxidation sites excluding steroid dienone is 1. The van der Waals surface area contributed by atoms with E-state index >= 15 is 0 Å². The monoisotopic (exact) mass is 513 g/mol. The zero-order valence-corrected chi connectivity index (χ0v) is 19.8. The summed E-state index contributed by atoms with van der Waals surface area (Å²) in [4.78, 5) is 49.3. The molecular formula is C24H20ClN3O6S. The molecule has 11 heteroatoms. The largest absolute Gasteiger partial charge is 0.477 e. The number of carboxylic acids is 1. The Kier molecular flexibility index (Phi) is 7.23. The zero-order valence-electron chi connectivity index (χ0n) is 18.2. The van der Waals surface area contributed by atoms with Crippen molar-refractivity contribution in [1.29, 1.82) is 0 Å². The fourth-order valence-electron chi connectivity index (χ4n) is 3.94. The Hall–Kier alpha value is -3.63. The van der Waals surface area contributed by atoms with Gasteiger partial charge in [-0.3, -0.25) is 24.6 Å². The molecule has 2 aromatic carbocycles. The number of nitrogens with one attached hydrogen (secondary N) is 1. The lowest BCUT2D eigenvalue weighted by Crippen LogP contribution is -2.70. The highest BCUT2D eigenvalue weighted by molar-refractivity contribution is 8.00. The number of hydrogen-bond donors (Lipinski definition) is 2. The topological polar surface area (TPSA) is 130 Å². The molecule has 0 bridgehead atoms. The van der Waals surface area contributed by atoms with Crippen LogP contribution in [0.25, 0.3) is 6.08 Å². The number of benzene rings is 2. The summed E-state index contributed by atoms with van der Waals surface area (Å²) in [5, 5.41) is 23.4. The normalized spacial score (nSPS) is 19.3. The van der Waals surface area contributed by atoms with E-state index < -0.39 is 28.2 Å². The van der Waals surface area contributed by atoms with Gasteiger partial charge in [0.05, 0.1) is 16.9 Å². The Morgan fingerprint density at radius 3 is 2.60 bits per heavy atom. The van der Waals surface area contributed by atoms with Gasteiger partial charge in [0.2, 0.25) is 5.91 Å². The molecule has 2 aliphatic rings. The molecular weight excluding hydrogens is 494 g/mol. The van der Waals surface area contributed by atoms with Gasteiger partial charge in [0.25, 0.3) is 11.6 Å². The molecule has 9 nitrogen and oxygen atoms in total. The maximum Gasteiger partial charge on any atom is 0.352 e. The molecule has 2 aliphatic heterocycles. The number of nitro groups is 1. The van der Waals surface area contributed by atoms with Crippen molar-refractivity contribution in [3.05, 3.63) is 92.7 Å². The third-order valence-electron chi connectivity index (χ3n) is 5.63. The van der Waals surface area contributed by atoms with Crippen molar-refractivity contribution in [2.24, 2.45) is 0 Å². The first-order valence-electron chi connectivity index (χ1n) is 10.6. The lowest BCUT2D eigenvalue weighted by molar-refractivity contribution is -0.385. The molecule has 0 aromatic heterocycles. The number of nitro benzene ring substituents is 1. The Labute approximate surface area is 209 Å². The molecule has 1 fully saturated rings. The molecule has 35 heavy (non-hydrogen) atoms. The number of hydrogen-bond acceptors (Lipinski definition) is 6. The van der Waals surface area contributed by atoms with E-state index in [0.717, 1.165) is 10.5 Å². The quantitative estimate of drug-likeness (QED) is 0.239. The minimum Gasteiger partial charge on any atom is -0.477 e. The van der Waals surface area contributed by atoms with Crippen molar-refractivity contribution in [3.8, 4) is 0 Å². The number of β-lactam (4-membered cyclic amide) rings is 1. The second-order valence-corrected chi connectivity index (χ2v) is 9.29. The first-order chi connectivity index (χ1) is 16.8. The fourth-order valence-corrected chi connectivity index (χ4v) is 5.42. The van der Waals surface area contributed by atoms with Crippen LogP contribution in [-0.2, 0) is 26.7 Å². The molecule has 180 valence electrons. The van der Waals surface area contributed by atoms with Gasteiger partial charge in [0.15, 0.2) is 0 Å². The number of halogens is 1. The second kappa shape index (κ2) is 10.3. The van der Waals surface area contributed by atoms with Crippen LogP contribution in [0.1, 0.15) is 16.7 Å². The number of amides is 2. The first-order valence-corrected chi connectivity index (χ1v) is 12.1. The van der Waals surface area contributed by atoms with Gasteiger partial charge in [-0.25, -0.2) is 4.79 Å². The van der Waals surface area contributed by atoms with Gasteiger partial charge in [0, 0.05) is 17.7 Å². The lowest BCUT2D eigenvalue weighted by atomic mass is 10.0. The molecule has 1 saturated heterocycles. The van der Waals surface area contributed by atoms with E-state index in [1.165, 1.54) is 30.0 Å². The third-order valence-corrected chi connectivity index (χ3v) is 7.25. The number of aliphatic carboxylic acids is 1. The zero-order chi connectivity index (χ0) is 25.1. The summed E-state index contributed by atoms with van der Waals surface area (Å²) in [5.41, 5.74) is 1.68. The van der Waals surface area contributed by atoms with E-state index in [4.69, 9.17) is 11.6 Å². The Bertz CT molecular complexity index is 1260. The van der Waals surface area contributed by atoms with Crippen molar-refractivity contribution in [3.63, 3.8) is 0 Å². The smallest absolute Gasteiger partial charge is 0.352 e. The van der Waals surface area contributed by atoms with Crippen LogP contribution in [0.3, 0.4) is 0 Å². The van der Waals surface area contributed by atoms with Crippen LogP contribution in [0.2, 0.25) is 0 Å². The van der Waals surface area contributed by atoms with Crippen LogP contribution in [0.5, 0.6) is 0 Å². The molecule has 0 spiro atoms. The van der Waals surface area contributed by atoms with Gasteiger partial charge in [0.1, 0.15) is 17.1 Å². The molecule has 2 N–H and O–H groups in total. The van der Waals surface area contributed by atoms with E-state index in [1.807, 2.05) is 18.2 Å².